The average molecular weight is 412 g/mol. The summed E-state index contributed by atoms with van der Waals surface area (Å²) < 4.78 is 12.1. The third-order valence-electron chi connectivity index (χ3n) is 4.99. The van der Waals surface area contributed by atoms with Gasteiger partial charge in [0.1, 0.15) is 5.75 Å². The van der Waals surface area contributed by atoms with E-state index in [1.807, 2.05) is 25.1 Å². The maximum atomic E-state index is 11.7. The highest BCUT2D eigenvalue weighted by Crippen LogP contribution is 2.28. The first kappa shape index (κ1) is 20.2. The molecule has 0 unspecified atom stereocenters. The van der Waals surface area contributed by atoms with E-state index in [-0.39, 0.29) is 5.97 Å². The molecule has 0 saturated carbocycles. The summed E-state index contributed by atoms with van der Waals surface area (Å²) in [7, 11) is 0. The van der Waals surface area contributed by atoms with Gasteiger partial charge in [0.05, 0.1) is 19.8 Å². The smallest absolute Gasteiger partial charge is 0.320 e. The molecule has 0 aliphatic carbocycles. The van der Waals surface area contributed by atoms with E-state index in [0.29, 0.717) is 19.2 Å². The first-order chi connectivity index (χ1) is 12.0. The zero-order valence-electron chi connectivity index (χ0n) is 15.6. The van der Waals surface area contributed by atoms with Crippen molar-refractivity contribution in [2.75, 3.05) is 26.3 Å². The molecule has 5 heteroatoms. The molecule has 140 valence electrons. The fraction of sp³-hybridized carbons (Fsp3) is 0.650. The molecule has 25 heavy (non-hydrogen) atoms. The monoisotopic (exact) mass is 411 g/mol. The molecule has 1 saturated heterocycles. The Balaban J connectivity index is 1.67. The maximum absolute atomic E-state index is 11.7. The number of carbonyl (C=O) groups excluding carboxylic acids is 1. The number of hydrogen-bond acceptors (Lipinski definition) is 4. The van der Waals surface area contributed by atoms with Gasteiger partial charge >= 0.3 is 5.97 Å². The van der Waals surface area contributed by atoms with E-state index in [0.717, 1.165) is 54.1 Å². The van der Waals surface area contributed by atoms with Crippen LogP contribution >= 0.6 is 15.9 Å². The molecule has 1 heterocycles. The summed E-state index contributed by atoms with van der Waals surface area (Å²) in [4.78, 5) is 13.9. The van der Waals surface area contributed by atoms with Crippen LogP contribution in [0.25, 0.3) is 0 Å². The van der Waals surface area contributed by atoms with Gasteiger partial charge in [-0.25, -0.2) is 0 Å². The zero-order chi connectivity index (χ0) is 18.2. The minimum Gasteiger partial charge on any atom is -0.493 e. The Morgan fingerprint density at radius 2 is 2.20 bits per heavy atom. The molecule has 4 nitrogen and oxygen atoms in total. The van der Waals surface area contributed by atoms with Crippen molar-refractivity contribution >= 4 is 21.9 Å². The molecule has 0 aromatic heterocycles. The maximum Gasteiger partial charge on any atom is 0.320 e. The molecule has 1 aliphatic heterocycles. The SMILES string of the molecule is CCOC(=O)CN1CC[C@H](CCCOc2cccc(Br)c2C)C[C@H]1C. The number of nitrogens with zero attached hydrogens (tertiary/aromatic N) is 1. The van der Waals surface area contributed by atoms with Gasteiger partial charge in [0.2, 0.25) is 0 Å². The third kappa shape index (κ3) is 6.30. The summed E-state index contributed by atoms with van der Waals surface area (Å²) in [5.41, 5.74) is 1.16. The average Bonchev–Trinajstić information content (AvgIpc) is 2.58. The standard InChI is InChI=1S/C20H30BrNO3/c1-4-24-20(23)14-22-11-10-17(13-15(22)2)7-6-12-25-19-9-5-8-18(21)16(19)3/h5,8-9,15,17H,4,6-7,10-14H2,1-3H3/t15-,17+/m1/s1. The molecule has 0 radical (unpaired) electrons. The molecule has 0 amide bonds. The van der Waals surface area contributed by atoms with Gasteiger partial charge in [-0.05, 0) is 71.0 Å². The summed E-state index contributed by atoms with van der Waals surface area (Å²) in [5, 5.41) is 0. The first-order valence-electron chi connectivity index (χ1n) is 9.28. The Labute approximate surface area is 160 Å². The summed E-state index contributed by atoms with van der Waals surface area (Å²) in [6.07, 6.45) is 4.56. The van der Waals surface area contributed by atoms with Crippen molar-refractivity contribution in [3.8, 4) is 5.75 Å². The second-order valence-electron chi connectivity index (χ2n) is 6.87. The lowest BCUT2D eigenvalue weighted by atomic mass is 9.88. The molecule has 1 aromatic carbocycles. The minimum atomic E-state index is -0.106. The van der Waals surface area contributed by atoms with Crippen molar-refractivity contribution in [3.63, 3.8) is 0 Å². The van der Waals surface area contributed by atoms with E-state index in [2.05, 4.69) is 34.7 Å². The molecule has 2 atom stereocenters. The van der Waals surface area contributed by atoms with Gasteiger partial charge in [0, 0.05) is 16.1 Å². The van der Waals surface area contributed by atoms with E-state index in [9.17, 15) is 4.79 Å². The van der Waals surface area contributed by atoms with Crippen LogP contribution in [-0.2, 0) is 9.53 Å². The van der Waals surface area contributed by atoms with Crippen molar-refractivity contribution < 1.29 is 14.3 Å². The second kappa shape index (κ2) is 10.2. The van der Waals surface area contributed by atoms with Gasteiger partial charge in [0.15, 0.2) is 0 Å². The number of carbonyl (C=O) groups is 1. The van der Waals surface area contributed by atoms with Crippen LogP contribution in [0.4, 0.5) is 0 Å². The van der Waals surface area contributed by atoms with Crippen LogP contribution < -0.4 is 4.74 Å². The number of likely N-dealkylation sites (tertiary alicyclic amines) is 1. The number of hydrogen-bond donors (Lipinski definition) is 0. The molecule has 0 bridgehead atoms. The highest BCUT2D eigenvalue weighted by molar-refractivity contribution is 9.10. The molecule has 0 N–H and O–H groups in total. The number of rotatable bonds is 8. The Hall–Kier alpha value is -1.07. The quantitative estimate of drug-likeness (QED) is 0.463. The van der Waals surface area contributed by atoms with Crippen LogP contribution in [0.1, 0.15) is 45.1 Å². The summed E-state index contributed by atoms with van der Waals surface area (Å²) in [6.45, 7) is 8.76. The summed E-state index contributed by atoms with van der Waals surface area (Å²) >= 11 is 3.54. The molecular formula is C20H30BrNO3. The molecule has 2 rings (SSSR count). The van der Waals surface area contributed by atoms with Crippen molar-refractivity contribution in [3.05, 3.63) is 28.2 Å². The van der Waals surface area contributed by atoms with Gasteiger partial charge in [0.25, 0.3) is 0 Å². The Bertz CT molecular complexity index is 564. The largest absolute Gasteiger partial charge is 0.493 e. The van der Waals surface area contributed by atoms with Crippen molar-refractivity contribution in [2.45, 2.75) is 52.5 Å². The normalized spacial score (nSPS) is 21.1. The van der Waals surface area contributed by atoms with Gasteiger partial charge in [-0.3, -0.25) is 9.69 Å². The van der Waals surface area contributed by atoms with E-state index >= 15 is 0 Å². The first-order valence-corrected chi connectivity index (χ1v) is 10.1. The Kier molecular flexibility index (Phi) is 8.24. The van der Waals surface area contributed by atoms with Crippen molar-refractivity contribution in [1.29, 1.82) is 0 Å². The van der Waals surface area contributed by atoms with Crippen LogP contribution in [0.2, 0.25) is 0 Å². The lowest BCUT2D eigenvalue weighted by Crippen LogP contribution is -2.43. The van der Waals surface area contributed by atoms with Crippen molar-refractivity contribution in [2.24, 2.45) is 5.92 Å². The molecule has 1 aromatic rings. The Morgan fingerprint density at radius 3 is 2.92 bits per heavy atom. The number of esters is 1. The highest BCUT2D eigenvalue weighted by atomic mass is 79.9. The van der Waals surface area contributed by atoms with Crippen LogP contribution in [0, 0.1) is 12.8 Å². The zero-order valence-corrected chi connectivity index (χ0v) is 17.2. The molecule has 1 fully saturated rings. The number of halogens is 1. The number of piperidine rings is 1. The van der Waals surface area contributed by atoms with Gasteiger partial charge in [-0.2, -0.15) is 0 Å². The Morgan fingerprint density at radius 1 is 1.40 bits per heavy atom. The lowest BCUT2D eigenvalue weighted by Gasteiger charge is -2.37. The van der Waals surface area contributed by atoms with Gasteiger partial charge in [-0.15, -0.1) is 0 Å². The predicted octanol–water partition coefficient (Wildman–Crippen LogP) is 4.58. The predicted molar refractivity (Wildman–Crippen MR) is 104 cm³/mol. The molecular weight excluding hydrogens is 382 g/mol. The van der Waals surface area contributed by atoms with E-state index in [1.165, 1.54) is 6.42 Å². The highest BCUT2D eigenvalue weighted by Gasteiger charge is 2.26. The van der Waals surface area contributed by atoms with E-state index in [4.69, 9.17) is 9.47 Å². The number of ether oxygens (including phenoxy) is 2. The molecule has 0 spiro atoms. The van der Waals surface area contributed by atoms with Crippen LogP contribution in [0.3, 0.4) is 0 Å². The third-order valence-corrected chi connectivity index (χ3v) is 5.85. The van der Waals surface area contributed by atoms with Crippen LogP contribution in [0.5, 0.6) is 5.75 Å². The van der Waals surface area contributed by atoms with Crippen LogP contribution in [-0.4, -0.2) is 43.2 Å². The fourth-order valence-corrected chi connectivity index (χ4v) is 3.83. The minimum absolute atomic E-state index is 0.106. The lowest BCUT2D eigenvalue weighted by molar-refractivity contribution is -0.145. The molecule has 1 aliphatic rings. The fourth-order valence-electron chi connectivity index (χ4n) is 3.49. The van der Waals surface area contributed by atoms with E-state index in [1.54, 1.807) is 0 Å². The second-order valence-corrected chi connectivity index (χ2v) is 7.72. The summed E-state index contributed by atoms with van der Waals surface area (Å²) in [6, 6.07) is 6.51. The number of benzene rings is 1. The van der Waals surface area contributed by atoms with Gasteiger partial charge < -0.3 is 9.47 Å². The topological polar surface area (TPSA) is 38.8 Å². The van der Waals surface area contributed by atoms with E-state index < -0.39 is 0 Å². The van der Waals surface area contributed by atoms with Crippen LogP contribution in [0.15, 0.2) is 22.7 Å². The summed E-state index contributed by atoms with van der Waals surface area (Å²) in [5.74, 6) is 1.58. The van der Waals surface area contributed by atoms with Crippen molar-refractivity contribution in [1.82, 2.24) is 4.90 Å². The van der Waals surface area contributed by atoms with Gasteiger partial charge in [-0.1, -0.05) is 22.0 Å².